The molecule has 0 saturated carbocycles. The summed E-state index contributed by atoms with van der Waals surface area (Å²) in [5.74, 6) is 0.784. The summed E-state index contributed by atoms with van der Waals surface area (Å²) < 4.78 is 7.53. The van der Waals surface area contributed by atoms with Gasteiger partial charge in [-0.2, -0.15) is 0 Å². The molecule has 0 bridgehead atoms. The van der Waals surface area contributed by atoms with Gasteiger partial charge in [-0.3, -0.25) is 9.78 Å². The van der Waals surface area contributed by atoms with Crippen LogP contribution in [0.2, 0.25) is 5.02 Å². The van der Waals surface area contributed by atoms with Crippen LogP contribution in [0.3, 0.4) is 0 Å². The third-order valence-corrected chi connectivity index (χ3v) is 5.11. The molecule has 4 aromatic rings. The first-order valence-electron chi connectivity index (χ1n) is 9.60. The quantitative estimate of drug-likeness (QED) is 0.413. The van der Waals surface area contributed by atoms with Gasteiger partial charge in [0, 0.05) is 30.7 Å². The molecular formula is C24H21ClN2O2. The minimum atomic E-state index is -0.0416. The molecule has 0 aliphatic heterocycles. The van der Waals surface area contributed by atoms with Gasteiger partial charge in [0.25, 0.3) is 5.56 Å². The third kappa shape index (κ3) is 4.17. The Kier molecular flexibility index (Phi) is 5.63. The average Bonchev–Trinajstić information content (AvgIpc) is 2.75. The Morgan fingerprint density at radius 3 is 2.62 bits per heavy atom. The van der Waals surface area contributed by atoms with Crippen LogP contribution in [-0.2, 0) is 13.2 Å². The van der Waals surface area contributed by atoms with Gasteiger partial charge >= 0.3 is 0 Å². The Balaban J connectivity index is 1.59. The lowest BCUT2D eigenvalue weighted by Gasteiger charge is -2.10. The fourth-order valence-electron chi connectivity index (χ4n) is 3.34. The molecule has 4 nitrogen and oxygen atoms in total. The fourth-order valence-corrected chi connectivity index (χ4v) is 3.65. The van der Waals surface area contributed by atoms with E-state index >= 15 is 0 Å². The van der Waals surface area contributed by atoms with Crippen molar-refractivity contribution in [2.75, 3.05) is 0 Å². The van der Waals surface area contributed by atoms with Gasteiger partial charge in [-0.05, 0) is 59.3 Å². The molecule has 0 unspecified atom stereocenters. The summed E-state index contributed by atoms with van der Waals surface area (Å²) in [5.41, 5.74) is 2.96. The van der Waals surface area contributed by atoms with Crippen molar-refractivity contribution in [2.24, 2.45) is 0 Å². The number of halogens is 1. The number of benzene rings is 2. The van der Waals surface area contributed by atoms with E-state index in [1.807, 2.05) is 67.7 Å². The maximum atomic E-state index is 12.7. The van der Waals surface area contributed by atoms with Crippen molar-refractivity contribution in [1.82, 2.24) is 9.55 Å². The highest BCUT2D eigenvalue weighted by atomic mass is 35.5. The molecule has 0 atom stereocenters. The predicted molar refractivity (Wildman–Crippen MR) is 118 cm³/mol. The van der Waals surface area contributed by atoms with Crippen LogP contribution in [0.15, 0.2) is 78.0 Å². The summed E-state index contributed by atoms with van der Waals surface area (Å²) in [6.07, 6.45) is 6.27. The molecule has 0 aliphatic rings. The summed E-state index contributed by atoms with van der Waals surface area (Å²) in [5, 5.41) is 1.90. The fraction of sp³-hybridized carbons (Fsp3) is 0.167. The number of hydrogen-bond acceptors (Lipinski definition) is 3. The normalized spacial score (nSPS) is 11.0. The highest BCUT2D eigenvalue weighted by Crippen LogP contribution is 2.30. The van der Waals surface area contributed by atoms with E-state index in [0.717, 1.165) is 34.2 Å². The molecular weight excluding hydrogens is 384 g/mol. The van der Waals surface area contributed by atoms with Crippen molar-refractivity contribution in [3.05, 3.63) is 94.1 Å². The van der Waals surface area contributed by atoms with Gasteiger partial charge in [-0.15, -0.1) is 0 Å². The van der Waals surface area contributed by atoms with Crippen molar-refractivity contribution in [1.29, 1.82) is 0 Å². The number of fused-ring (bicyclic) bond motifs is 1. The van der Waals surface area contributed by atoms with Gasteiger partial charge in [0.1, 0.15) is 12.4 Å². The lowest BCUT2D eigenvalue weighted by Crippen LogP contribution is -2.19. The summed E-state index contributed by atoms with van der Waals surface area (Å²) in [7, 11) is 0. The topological polar surface area (TPSA) is 44.1 Å². The Labute approximate surface area is 174 Å². The molecule has 29 heavy (non-hydrogen) atoms. The summed E-state index contributed by atoms with van der Waals surface area (Å²) in [6.45, 7) is 3.21. The molecule has 2 aromatic carbocycles. The SMILES string of the molecule is CCCn1ccc2cc(-c3ccc(OCc4cccnc4)cc3)cc(Cl)c2c1=O. The molecule has 0 aliphatic carbocycles. The second-order valence-corrected chi connectivity index (χ2v) is 7.32. The number of pyridine rings is 2. The Bertz CT molecular complexity index is 1190. The zero-order valence-corrected chi connectivity index (χ0v) is 16.9. The van der Waals surface area contributed by atoms with E-state index in [9.17, 15) is 4.79 Å². The molecule has 0 amide bonds. The molecule has 4 rings (SSSR count). The smallest absolute Gasteiger partial charge is 0.259 e. The van der Waals surface area contributed by atoms with Gasteiger partial charge in [0.05, 0.1) is 10.4 Å². The standard InChI is InChI=1S/C24H21ClN2O2/c1-2-11-27-12-9-19-13-20(14-22(25)23(19)24(27)28)18-5-7-21(8-6-18)29-16-17-4-3-10-26-15-17/h3-10,12-15H,2,11,16H2,1H3. The van der Waals surface area contributed by atoms with Crippen molar-refractivity contribution in [2.45, 2.75) is 26.5 Å². The minimum Gasteiger partial charge on any atom is -0.489 e. The second-order valence-electron chi connectivity index (χ2n) is 6.91. The van der Waals surface area contributed by atoms with Crippen LogP contribution >= 0.6 is 11.6 Å². The summed E-state index contributed by atoms with van der Waals surface area (Å²) in [6, 6.07) is 17.5. The summed E-state index contributed by atoms with van der Waals surface area (Å²) in [4.78, 5) is 16.8. The highest BCUT2D eigenvalue weighted by Gasteiger charge is 2.10. The molecule has 2 aromatic heterocycles. The molecule has 146 valence electrons. The lowest BCUT2D eigenvalue weighted by atomic mass is 10.0. The van der Waals surface area contributed by atoms with E-state index in [1.54, 1.807) is 17.0 Å². The third-order valence-electron chi connectivity index (χ3n) is 4.81. The monoisotopic (exact) mass is 404 g/mol. The van der Waals surface area contributed by atoms with Crippen LogP contribution in [0.25, 0.3) is 21.9 Å². The predicted octanol–water partition coefficient (Wildman–Crippen LogP) is 5.71. The van der Waals surface area contributed by atoms with Crippen molar-refractivity contribution < 1.29 is 4.74 Å². The molecule has 0 fully saturated rings. The Hall–Kier alpha value is -3.11. The maximum absolute atomic E-state index is 12.7. The molecule has 0 saturated heterocycles. The van der Waals surface area contributed by atoms with Crippen LogP contribution in [-0.4, -0.2) is 9.55 Å². The average molecular weight is 405 g/mol. The maximum Gasteiger partial charge on any atom is 0.259 e. The van der Waals surface area contributed by atoms with Gasteiger partial charge in [-0.1, -0.05) is 36.7 Å². The second kappa shape index (κ2) is 8.50. The van der Waals surface area contributed by atoms with Crippen LogP contribution < -0.4 is 10.3 Å². The first-order valence-corrected chi connectivity index (χ1v) is 9.98. The number of rotatable bonds is 6. The molecule has 2 heterocycles. The largest absolute Gasteiger partial charge is 0.489 e. The van der Waals surface area contributed by atoms with Crippen molar-refractivity contribution in [3.63, 3.8) is 0 Å². The zero-order valence-electron chi connectivity index (χ0n) is 16.1. The lowest BCUT2D eigenvalue weighted by molar-refractivity contribution is 0.306. The van der Waals surface area contributed by atoms with Crippen molar-refractivity contribution >= 4 is 22.4 Å². The van der Waals surface area contributed by atoms with Crippen LogP contribution in [0.1, 0.15) is 18.9 Å². The number of hydrogen-bond donors (Lipinski definition) is 0. The number of aryl methyl sites for hydroxylation is 1. The molecule has 0 spiro atoms. The van der Waals surface area contributed by atoms with Crippen molar-refractivity contribution in [3.8, 4) is 16.9 Å². The van der Waals surface area contributed by atoms with Crippen LogP contribution in [0.4, 0.5) is 0 Å². The number of ether oxygens (including phenoxy) is 1. The van der Waals surface area contributed by atoms with E-state index in [-0.39, 0.29) is 5.56 Å². The minimum absolute atomic E-state index is 0.0416. The first-order chi connectivity index (χ1) is 14.2. The summed E-state index contributed by atoms with van der Waals surface area (Å²) >= 11 is 6.49. The van der Waals surface area contributed by atoms with E-state index in [2.05, 4.69) is 4.98 Å². The van der Waals surface area contributed by atoms with Gasteiger partial charge < -0.3 is 9.30 Å². The Morgan fingerprint density at radius 1 is 1.07 bits per heavy atom. The van der Waals surface area contributed by atoms with Crippen LogP contribution in [0.5, 0.6) is 5.75 Å². The first kappa shape index (κ1) is 19.2. The zero-order chi connectivity index (χ0) is 20.2. The van der Waals surface area contributed by atoms with E-state index < -0.39 is 0 Å². The number of aromatic nitrogens is 2. The van der Waals surface area contributed by atoms with Gasteiger partial charge in [0.2, 0.25) is 0 Å². The molecule has 0 N–H and O–H groups in total. The Morgan fingerprint density at radius 2 is 1.90 bits per heavy atom. The van der Waals surface area contributed by atoms with Gasteiger partial charge in [-0.25, -0.2) is 0 Å². The van der Waals surface area contributed by atoms with E-state index in [1.165, 1.54) is 0 Å². The van der Waals surface area contributed by atoms with E-state index in [4.69, 9.17) is 16.3 Å². The van der Waals surface area contributed by atoms with Gasteiger partial charge in [0.15, 0.2) is 0 Å². The highest BCUT2D eigenvalue weighted by molar-refractivity contribution is 6.35. The number of nitrogens with zero attached hydrogens (tertiary/aromatic N) is 2. The molecule has 0 radical (unpaired) electrons. The van der Waals surface area contributed by atoms with Crippen LogP contribution in [0, 0.1) is 0 Å². The van der Waals surface area contributed by atoms with E-state index in [0.29, 0.717) is 23.6 Å². The molecule has 5 heteroatoms.